The summed E-state index contributed by atoms with van der Waals surface area (Å²) in [4.78, 5) is 16.3. The van der Waals surface area contributed by atoms with Crippen LogP contribution >= 0.6 is 11.6 Å². The minimum Gasteiger partial charge on any atom is -0.496 e. The van der Waals surface area contributed by atoms with Gasteiger partial charge in [-0.05, 0) is 54.1 Å². The summed E-state index contributed by atoms with van der Waals surface area (Å²) >= 11 is 5.99. The zero-order chi connectivity index (χ0) is 22.8. The number of fused-ring (bicyclic) bond motifs is 1. The van der Waals surface area contributed by atoms with E-state index in [0.29, 0.717) is 22.0 Å². The first-order chi connectivity index (χ1) is 16.1. The molecule has 0 amide bonds. The molecule has 0 bridgehead atoms. The molecule has 33 heavy (non-hydrogen) atoms. The van der Waals surface area contributed by atoms with Gasteiger partial charge in [-0.15, -0.1) is 0 Å². The van der Waals surface area contributed by atoms with E-state index in [1.54, 1.807) is 13.2 Å². The smallest absolute Gasteiger partial charge is 0.159 e. The molecule has 0 aliphatic carbocycles. The normalized spacial score (nSPS) is 13.5. The van der Waals surface area contributed by atoms with Crippen molar-refractivity contribution in [3.63, 3.8) is 0 Å². The van der Waals surface area contributed by atoms with E-state index in [4.69, 9.17) is 21.3 Å². The maximum atomic E-state index is 13.7. The number of ether oxygens (including phenoxy) is 1. The van der Waals surface area contributed by atoms with Crippen molar-refractivity contribution in [3.8, 4) is 28.4 Å². The van der Waals surface area contributed by atoms with E-state index < -0.39 is 0 Å². The van der Waals surface area contributed by atoms with Crippen molar-refractivity contribution in [1.82, 2.24) is 19.9 Å². The highest BCUT2D eigenvalue weighted by Crippen LogP contribution is 2.29. The predicted octanol–water partition coefficient (Wildman–Crippen LogP) is 5.57. The first-order valence-corrected chi connectivity index (χ1v) is 11.1. The molecule has 0 N–H and O–H groups in total. The fraction of sp³-hybridized carbons (Fsp3) is 0.192. The van der Waals surface area contributed by atoms with Crippen LogP contribution in [0.2, 0.25) is 5.02 Å². The monoisotopic (exact) mass is 460 g/mol. The molecule has 5 rings (SSSR count). The van der Waals surface area contributed by atoms with Gasteiger partial charge in [0.15, 0.2) is 5.82 Å². The van der Waals surface area contributed by atoms with E-state index >= 15 is 0 Å². The molecule has 0 saturated heterocycles. The van der Waals surface area contributed by atoms with E-state index in [-0.39, 0.29) is 5.82 Å². The van der Waals surface area contributed by atoms with Gasteiger partial charge in [0, 0.05) is 60.2 Å². The van der Waals surface area contributed by atoms with Crippen LogP contribution < -0.4 is 4.74 Å². The van der Waals surface area contributed by atoms with Crippen LogP contribution in [0.3, 0.4) is 0 Å². The molecule has 2 aromatic carbocycles. The highest BCUT2D eigenvalue weighted by Gasteiger charge is 2.19. The summed E-state index contributed by atoms with van der Waals surface area (Å²) in [6.07, 6.45) is 4.63. The fourth-order valence-corrected chi connectivity index (χ4v) is 4.19. The van der Waals surface area contributed by atoms with Gasteiger partial charge in [0.25, 0.3) is 0 Å². The van der Waals surface area contributed by atoms with Crippen molar-refractivity contribution < 1.29 is 9.13 Å². The van der Waals surface area contributed by atoms with E-state index in [9.17, 15) is 4.39 Å². The summed E-state index contributed by atoms with van der Waals surface area (Å²) in [7, 11) is 1.57. The Morgan fingerprint density at radius 3 is 2.64 bits per heavy atom. The van der Waals surface area contributed by atoms with Crippen LogP contribution in [0.5, 0.6) is 5.75 Å². The zero-order valence-electron chi connectivity index (χ0n) is 18.1. The molecule has 7 heteroatoms. The minimum atomic E-state index is -0.315. The number of nitrogens with zero attached hydrogens (tertiary/aromatic N) is 4. The topological polar surface area (TPSA) is 51.1 Å². The summed E-state index contributed by atoms with van der Waals surface area (Å²) in [5.41, 5.74) is 5.62. The third kappa shape index (κ3) is 4.72. The Bertz CT molecular complexity index is 1280. The van der Waals surface area contributed by atoms with E-state index in [1.165, 1.54) is 12.1 Å². The quantitative estimate of drug-likeness (QED) is 0.390. The molecule has 3 heterocycles. The lowest BCUT2D eigenvalue weighted by molar-refractivity contribution is 0.242. The van der Waals surface area contributed by atoms with Gasteiger partial charge >= 0.3 is 0 Å². The van der Waals surface area contributed by atoms with Crippen LogP contribution in [-0.2, 0) is 19.5 Å². The molecule has 0 radical (unpaired) electrons. The molecule has 2 aromatic heterocycles. The van der Waals surface area contributed by atoms with Crippen molar-refractivity contribution >= 4 is 11.6 Å². The molecule has 166 valence electrons. The Hall–Kier alpha value is -3.35. The molecule has 0 spiro atoms. The first kappa shape index (κ1) is 21.5. The highest BCUT2D eigenvalue weighted by atomic mass is 35.5. The molecule has 5 nitrogen and oxygen atoms in total. The van der Waals surface area contributed by atoms with Crippen molar-refractivity contribution in [2.45, 2.75) is 19.5 Å². The molecule has 1 aliphatic heterocycles. The molecule has 0 atom stereocenters. The van der Waals surface area contributed by atoms with Crippen molar-refractivity contribution in [2.75, 3.05) is 13.7 Å². The predicted molar refractivity (Wildman–Crippen MR) is 126 cm³/mol. The van der Waals surface area contributed by atoms with Crippen molar-refractivity contribution in [3.05, 3.63) is 94.7 Å². The molecule has 1 aliphatic rings. The first-order valence-electron chi connectivity index (χ1n) is 10.7. The van der Waals surface area contributed by atoms with Gasteiger partial charge in [-0.25, -0.2) is 14.4 Å². The Balaban J connectivity index is 1.28. The number of benzene rings is 2. The second-order valence-electron chi connectivity index (χ2n) is 8.03. The minimum absolute atomic E-state index is 0.315. The second kappa shape index (κ2) is 9.25. The van der Waals surface area contributed by atoms with Crippen molar-refractivity contribution in [2.24, 2.45) is 0 Å². The van der Waals surface area contributed by atoms with Crippen molar-refractivity contribution in [1.29, 1.82) is 0 Å². The van der Waals surface area contributed by atoms with Gasteiger partial charge in [-0.3, -0.25) is 9.88 Å². The van der Waals surface area contributed by atoms with Crippen LogP contribution in [0.4, 0.5) is 4.39 Å². The number of rotatable bonds is 5. The number of aromatic nitrogens is 3. The van der Waals surface area contributed by atoms with E-state index in [0.717, 1.165) is 54.3 Å². The van der Waals surface area contributed by atoms with Crippen LogP contribution in [0, 0.1) is 5.82 Å². The summed E-state index contributed by atoms with van der Waals surface area (Å²) in [5.74, 6) is 1.01. The van der Waals surface area contributed by atoms with E-state index in [2.05, 4.69) is 14.9 Å². The third-order valence-corrected chi connectivity index (χ3v) is 6.04. The molecule has 0 unspecified atom stereocenters. The summed E-state index contributed by atoms with van der Waals surface area (Å²) in [6.45, 7) is 2.46. The number of hydrogen-bond acceptors (Lipinski definition) is 5. The molecular formula is C26H22ClFN4O. The number of halogens is 2. The van der Waals surface area contributed by atoms with E-state index in [1.807, 2.05) is 48.8 Å². The number of hydrogen-bond donors (Lipinski definition) is 0. The Labute approximate surface area is 196 Å². The third-order valence-electron chi connectivity index (χ3n) is 5.78. The zero-order valence-corrected chi connectivity index (χ0v) is 18.9. The SMILES string of the molecule is COc1ccc(F)cc1-c1ccc(CN2CCc3nc(-c4ccc(Cl)cc4)ncc3C2)cn1. The lowest BCUT2D eigenvalue weighted by Gasteiger charge is -2.28. The second-order valence-corrected chi connectivity index (χ2v) is 8.47. The summed E-state index contributed by atoms with van der Waals surface area (Å²) < 4.78 is 19.1. The Kier molecular flexibility index (Phi) is 6.03. The average molecular weight is 461 g/mol. The van der Waals surface area contributed by atoms with Gasteiger partial charge in [-0.1, -0.05) is 17.7 Å². The fourth-order valence-electron chi connectivity index (χ4n) is 4.06. The average Bonchev–Trinajstić information content (AvgIpc) is 2.85. The Morgan fingerprint density at radius 2 is 1.88 bits per heavy atom. The number of methoxy groups -OCH3 is 1. The van der Waals surface area contributed by atoms with Gasteiger partial charge in [0.05, 0.1) is 18.5 Å². The molecule has 0 fully saturated rings. The van der Waals surface area contributed by atoms with Gasteiger partial charge < -0.3 is 4.74 Å². The molecule has 4 aromatic rings. The lowest BCUT2D eigenvalue weighted by Crippen LogP contribution is -2.31. The highest BCUT2D eigenvalue weighted by molar-refractivity contribution is 6.30. The molecule has 0 saturated carbocycles. The summed E-state index contributed by atoms with van der Waals surface area (Å²) in [5, 5.41) is 0.699. The maximum absolute atomic E-state index is 13.7. The van der Waals surface area contributed by atoms with Gasteiger partial charge in [-0.2, -0.15) is 0 Å². The molecular weight excluding hydrogens is 439 g/mol. The largest absolute Gasteiger partial charge is 0.496 e. The van der Waals surface area contributed by atoms with Crippen LogP contribution in [0.1, 0.15) is 16.8 Å². The Morgan fingerprint density at radius 1 is 1.03 bits per heavy atom. The van der Waals surface area contributed by atoms with Gasteiger partial charge in [0.2, 0.25) is 0 Å². The van der Waals surface area contributed by atoms with Crippen LogP contribution in [0.15, 0.2) is 67.0 Å². The maximum Gasteiger partial charge on any atom is 0.159 e. The van der Waals surface area contributed by atoms with Gasteiger partial charge in [0.1, 0.15) is 11.6 Å². The standard InChI is InChI=1S/C26H22ClFN4O/c1-33-25-9-7-21(28)12-22(25)24-8-2-17(13-29-24)15-32-11-10-23-19(16-32)14-30-26(31-23)18-3-5-20(27)6-4-18/h2-9,12-14H,10-11,15-16H2,1H3. The van der Waals surface area contributed by atoms with Crippen LogP contribution in [-0.4, -0.2) is 33.5 Å². The number of pyridine rings is 1. The lowest BCUT2D eigenvalue weighted by atomic mass is 10.1. The summed E-state index contributed by atoms with van der Waals surface area (Å²) in [6, 6.07) is 16.0. The van der Waals surface area contributed by atoms with Crippen LogP contribution in [0.25, 0.3) is 22.6 Å².